The van der Waals surface area contributed by atoms with Gasteiger partial charge in [-0.2, -0.15) is 11.8 Å². The van der Waals surface area contributed by atoms with Crippen LogP contribution in [0.15, 0.2) is 40.9 Å². The van der Waals surface area contributed by atoms with Crippen molar-refractivity contribution in [2.75, 3.05) is 5.75 Å². The summed E-state index contributed by atoms with van der Waals surface area (Å²) in [5.41, 5.74) is 1.32. The van der Waals surface area contributed by atoms with Gasteiger partial charge in [0.2, 0.25) is 0 Å². The average molecular weight is 371 g/mol. The molecule has 110 valence electrons. The Morgan fingerprint density at radius 3 is 2.48 bits per heavy atom. The van der Waals surface area contributed by atoms with Crippen LogP contribution in [0.25, 0.3) is 0 Å². The van der Waals surface area contributed by atoms with Crippen LogP contribution in [0.3, 0.4) is 0 Å². The molecule has 2 rings (SSSR count). The van der Waals surface area contributed by atoms with Crippen molar-refractivity contribution in [2.24, 2.45) is 0 Å². The molecule has 0 saturated carbocycles. The highest BCUT2D eigenvalue weighted by molar-refractivity contribution is 9.10. The first-order valence-corrected chi connectivity index (χ1v) is 8.33. The molecule has 0 aliphatic heterocycles. The lowest BCUT2D eigenvalue weighted by atomic mass is 10.0. The Labute approximate surface area is 134 Å². The largest absolute Gasteiger partial charge is 0.288 e. The van der Waals surface area contributed by atoms with Crippen LogP contribution >= 0.6 is 27.7 Å². The van der Waals surface area contributed by atoms with E-state index in [-0.39, 0.29) is 5.56 Å². The number of hydrogen-bond acceptors (Lipinski definition) is 2. The molecule has 1 nitrogen and oxygen atoms in total. The van der Waals surface area contributed by atoms with Crippen molar-refractivity contribution in [1.29, 1.82) is 0 Å². The van der Waals surface area contributed by atoms with Crippen LogP contribution in [-0.4, -0.2) is 11.5 Å². The fourth-order valence-electron chi connectivity index (χ4n) is 1.87. The van der Waals surface area contributed by atoms with E-state index in [0.29, 0.717) is 16.1 Å². The molecule has 0 aliphatic carbocycles. The molecule has 0 bridgehead atoms. The van der Waals surface area contributed by atoms with Gasteiger partial charge in [-0.1, -0.05) is 28.9 Å². The quantitative estimate of drug-likeness (QED) is 0.671. The van der Waals surface area contributed by atoms with Gasteiger partial charge in [-0.3, -0.25) is 4.79 Å². The SMILES string of the molecule is CCSCc1ccc(C(=O)c2ccc(F)cc2F)c(Br)c1. The normalized spacial score (nSPS) is 10.7. The smallest absolute Gasteiger partial charge is 0.197 e. The Morgan fingerprint density at radius 2 is 1.86 bits per heavy atom. The van der Waals surface area contributed by atoms with E-state index >= 15 is 0 Å². The maximum Gasteiger partial charge on any atom is 0.197 e. The molecule has 0 radical (unpaired) electrons. The van der Waals surface area contributed by atoms with E-state index in [1.807, 2.05) is 12.1 Å². The molecule has 0 fully saturated rings. The number of benzene rings is 2. The molecule has 2 aromatic carbocycles. The summed E-state index contributed by atoms with van der Waals surface area (Å²) in [6.45, 7) is 2.08. The zero-order chi connectivity index (χ0) is 15.4. The minimum atomic E-state index is -0.850. The van der Waals surface area contributed by atoms with E-state index in [9.17, 15) is 13.6 Å². The van der Waals surface area contributed by atoms with Crippen molar-refractivity contribution in [3.8, 4) is 0 Å². The van der Waals surface area contributed by atoms with E-state index in [4.69, 9.17) is 0 Å². The summed E-state index contributed by atoms with van der Waals surface area (Å²) in [5.74, 6) is -0.144. The van der Waals surface area contributed by atoms with E-state index in [1.165, 1.54) is 6.07 Å². The van der Waals surface area contributed by atoms with Gasteiger partial charge in [0.25, 0.3) is 0 Å². The van der Waals surface area contributed by atoms with E-state index in [0.717, 1.165) is 23.1 Å². The minimum absolute atomic E-state index is 0.132. The second-order valence-electron chi connectivity index (χ2n) is 4.40. The lowest BCUT2D eigenvalue weighted by Gasteiger charge is -2.07. The zero-order valence-electron chi connectivity index (χ0n) is 11.3. The molecule has 0 unspecified atom stereocenters. The van der Waals surface area contributed by atoms with Gasteiger partial charge in [-0.25, -0.2) is 8.78 Å². The standard InChI is InChI=1S/C16H13BrF2OS/c1-2-21-9-10-3-5-12(14(17)7-10)16(20)13-6-4-11(18)8-15(13)19/h3-8H,2,9H2,1H3. The highest BCUT2D eigenvalue weighted by Gasteiger charge is 2.17. The summed E-state index contributed by atoms with van der Waals surface area (Å²) >= 11 is 5.13. The summed E-state index contributed by atoms with van der Waals surface area (Å²) in [6.07, 6.45) is 0. The Kier molecular flexibility index (Phi) is 5.53. The molecule has 0 amide bonds. The minimum Gasteiger partial charge on any atom is -0.288 e. The van der Waals surface area contributed by atoms with Gasteiger partial charge in [0, 0.05) is 21.9 Å². The van der Waals surface area contributed by atoms with E-state index in [1.54, 1.807) is 17.8 Å². The zero-order valence-corrected chi connectivity index (χ0v) is 13.7. The predicted molar refractivity (Wildman–Crippen MR) is 85.8 cm³/mol. The lowest BCUT2D eigenvalue weighted by Crippen LogP contribution is -2.06. The van der Waals surface area contributed by atoms with Crippen LogP contribution in [-0.2, 0) is 5.75 Å². The van der Waals surface area contributed by atoms with Gasteiger partial charge < -0.3 is 0 Å². The second kappa shape index (κ2) is 7.18. The van der Waals surface area contributed by atoms with Crippen LogP contribution < -0.4 is 0 Å². The summed E-state index contributed by atoms with van der Waals surface area (Å²) in [5, 5.41) is 0. The molecule has 5 heteroatoms. The summed E-state index contributed by atoms with van der Waals surface area (Å²) in [7, 11) is 0. The predicted octanol–water partition coefficient (Wildman–Crippen LogP) is 5.21. The van der Waals surface area contributed by atoms with Crippen molar-refractivity contribution in [2.45, 2.75) is 12.7 Å². The van der Waals surface area contributed by atoms with Gasteiger partial charge in [0.1, 0.15) is 11.6 Å². The molecular formula is C16H13BrF2OS. The first kappa shape index (κ1) is 16.2. The van der Waals surface area contributed by atoms with Crippen LogP contribution in [0, 0.1) is 11.6 Å². The van der Waals surface area contributed by atoms with Gasteiger partial charge in [-0.05, 0) is 35.6 Å². The Hall–Kier alpha value is -1.20. The van der Waals surface area contributed by atoms with Crippen LogP contribution in [0.2, 0.25) is 0 Å². The first-order valence-electron chi connectivity index (χ1n) is 6.39. The van der Waals surface area contributed by atoms with Crippen molar-refractivity contribution < 1.29 is 13.6 Å². The molecule has 0 N–H and O–H groups in total. The Balaban J connectivity index is 2.31. The average Bonchev–Trinajstić information content (AvgIpc) is 2.44. The van der Waals surface area contributed by atoms with Crippen molar-refractivity contribution in [3.63, 3.8) is 0 Å². The number of carbonyl (C=O) groups is 1. The fraction of sp³-hybridized carbons (Fsp3) is 0.188. The van der Waals surface area contributed by atoms with Gasteiger partial charge in [-0.15, -0.1) is 0 Å². The van der Waals surface area contributed by atoms with Crippen molar-refractivity contribution >= 4 is 33.5 Å². The maximum atomic E-state index is 13.7. The fourth-order valence-corrected chi connectivity index (χ4v) is 3.10. The second-order valence-corrected chi connectivity index (χ2v) is 6.53. The third-order valence-electron chi connectivity index (χ3n) is 2.93. The lowest BCUT2D eigenvalue weighted by molar-refractivity contribution is 0.103. The number of carbonyl (C=O) groups excluding carboxylic acids is 1. The van der Waals surface area contributed by atoms with Gasteiger partial charge >= 0.3 is 0 Å². The molecule has 0 spiro atoms. The number of halogens is 3. The molecule has 0 aliphatic rings. The van der Waals surface area contributed by atoms with Gasteiger partial charge in [0.15, 0.2) is 5.78 Å². The topological polar surface area (TPSA) is 17.1 Å². The van der Waals surface area contributed by atoms with Gasteiger partial charge in [0.05, 0.1) is 5.56 Å². The summed E-state index contributed by atoms with van der Waals surface area (Å²) in [4.78, 5) is 12.3. The number of ketones is 1. The molecule has 0 saturated heterocycles. The van der Waals surface area contributed by atoms with Crippen LogP contribution in [0.1, 0.15) is 28.4 Å². The van der Waals surface area contributed by atoms with Crippen LogP contribution in [0.5, 0.6) is 0 Å². The van der Waals surface area contributed by atoms with Crippen molar-refractivity contribution in [3.05, 3.63) is 69.2 Å². The number of rotatable bonds is 5. The monoisotopic (exact) mass is 370 g/mol. The molecule has 0 heterocycles. The molecule has 0 aromatic heterocycles. The third kappa shape index (κ3) is 3.92. The van der Waals surface area contributed by atoms with Crippen LogP contribution in [0.4, 0.5) is 8.78 Å². The van der Waals surface area contributed by atoms with Crippen molar-refractivity contribution in [1.82, 2.24) is 0 Å². The van der Waals surface area contributed by atoms with E-state index in [2.05, 4.69) is 22.9 Å². The number of thioether (sulfide) groups is 1. The molecular weight excluding hydrogens is 358 g/mol. The number of hydrogen-bond donors (Lipinski definition) is 0. The highest BCUT2D eigenvalue weighted by Crippen LogP contribution is 2.25. The summed E-state index contributed by atoms with van der Waals surface area (Å²) < 4.78 is 27.2. The molecule has 2 aromatic rings. The summed E-state index contributed by atoms with van der Waals surface area (Å²) in [6, 6.07) is 8.34. The van der Waals surface area contributed by atoms with E-state index < -0.39 is 17.4 Å². The molecule has 0 atom stereocenters. The molecule has 21 heavy (non-hydrogen) atoms. The Bertz CT molecular complexity index is 673. The maximum absolute atomic E-state index is 13.7. The Morgan fingerprint density at radius 1 is 1.14 bits per heavy atom. The highest BCUT2D eigenvalue weighted by atomic mass is 79.9. The third-order valence-corrected chi connectivity index (χ3v) is 4.53. The first-order chi connectivity index (χ1) is 10.0.